The van der Waals surface area contributed by atoms with E-state index in [-0.39, 0.29) is 12.8 Å². The fourth-order valence-electron chi connectivity index (χ4n) is 2.70. The van der Waals surface area contributed by atoms with Crippen molar-refractivity contribution in [2.75, 3.05) is 0 Å². The summed E-state index contributed by atoms with van der Waals surface area (Å²) in [5, 5.41) is 9.34. The summed E-state index contributed by atoms with van der Waals surface area (Å²) in [7, 11) is 0. The molecule has 0 radical (unpaired) electrons. The highest BCUT2D eigenvalue weighted by atomic mass is 19.4. The third-order valence-corrected chi connectivity index (χ3v) is 4.46. The highest BCUT2D eigenvalue weighted by molar-refractivity contribution is 5.81. The predicted molar refractivity (Wildman–Crippen MR) is 74.5 cm³/mol. The molecule has 1 aliphatic rings. The van der Waals surface area contributed by atoms with Gasteiger partial charge in [0.25, 0.3) is 5.60 Å². The molecule has 0 aromatic carbocycles. The number of carbonyl (C=O) groups is 1. The molecule has 0 saturated heterocycles. The van der Waals surface area contributed by atoms with Gasteiger partial charge in [-0.25, -0.2) is 4.79 Å². The van der Waals surface area contributed by atoms with Gasteiger partial charge >= 0.3 is 18.3 Å². The molecule has 0 aromatic heterocycles. The topological polar surface area (TPSA) is 55.8 Å². The average Bonchev–Trinajstić information content (AvgIpc) is 2.37. The van der Waals surface area contributed by atoms with Gasteiger partial charge in [-0.3, -0.25) is 0 Å². The van der Waals surface area contributed by atoms with Gasteiger partial charge in [-0.15, -0.1) is 0 Å². The maximum atomic E-state index is 12.9. The lowest BCUT2D eigenvalue weighted by Gasteiger charge is -2.47. The number of aliphatic hydroxyl groups is 1. The van der Waals surface area contributed by atoms with E-state index in [1.54, 1.807) is 0 Å². The van der Waals surface area contributed by atoms with Gasteiger partial charge in [0.15, 0.2) is 0 Å². The third kappa shape index (κ3) is 4.28. The van der Waals surface area contributed by atoms with Crippen LogP contribution in [0.2, 0.25) is 0 Å². The Balaban J connectivity index is 2.82. The quantitative estimate of drug-likeness (QED) is 0.437. The van der Waals surface area contributed by atoms with Crippen LogP contribution in [0.1, 0.15) is 33.6 Å². The van der Waals surface area contributed by atoms with E-state index in [4.69, 9.17) is 9.47 Å². The maximum Gasteiger partial charge on any atom is 0.428 e. The van der Waals surface area contributed by atoms with Crippen molar-refractivity contribution in [2.45, 2.75) is 69.4 Å². The van der Waals surface area contributed by atoms with Crippen molar-refractivity contribution < 1.29 is 45.7 Å². The van der Waals surface area contributed by atoms with E-state index < -0.39 is 47.6 Å². The van der Waals surface area contributed by atoms with E-state index in [9.17, 15) is 36.2 Å². The van der Waals surface area contributed by atoms with E-state index in [1.807, 2.05) is 0 Å². The third-order valence-electron chi connectivity index (χ3n) is 4.46. The van der Waals surface area contributed by atoms with Crippen LogP contribution in [0.15, 0.2) is 12.7 Å². The van der Waals surface area contributed by atoms with Crippen molar-refractivity contribution in [3.8, 4) is 0 Å². The van der Waals surface area contributed by atoms with Gasteiger partial charge in [-0.2, -0.15) is 26.3 Å². The molecule has 1 saturated carbocycles. The zero-order valence-electron chi connectivity index (χ0n) is 13.9. The van der Waals surface area contributed by atoms with Crippen molar-refractivity contribution in [3.63, 3.8) is 0 Å². The number of carbonyl (C=O) groups excluding carboxylic acids is 1. The van der Waals surface area contributed by atoms with Crippen molar-refractivity contribution in [3.05, 3.63) is 12.7 Å². The molecule has 0 aliphatic heterocycles. The second kappa shape index (κ2) is 6.79. The van der Waals surface area contributed by atoms with Crippen LogP contribution in [0.3, 0.4) is 0 Å². The Kier molecular flexibility index (Phi) is 5.91. The molecule has 0 spiro atoms. The van der Waals surface area contributed by atoms with Crippen LogP contribution < -0.4 is 0 Å². The summed E-state index contributed by atoms with van der Waals surface area (Å²) in [6.07, 6.45) is -13.6. The molecule has 146 valence electrons. The van der Waals surface area contributed by atoms with Crippen LogP contribution in [-0.4, -0.2) is 46.8 Å². The van der Waals surface area contributed by atoms with Crippen LogP contribution in [-0.2, 0) is 14.3 Å². The molecular formula is C15H20F6O4. The molecule has 0 aromatic rings. The summed E-state index contributed by atoms with van der Waals surface area (Å²) >= 11 is 0. The van der Waals surface area contributed by atoms with Gasteiger partial charge in [-0.05, 0) is 39.5 Å². The highest BCUT2D eigenvalue weighted by Crippen LogP contribution is 2.48. The molecule has 1 fully saturated rings. The first-order valence-corrected chi connectivity index (χ1v) is 7.43. The Morgan fingerprint density at radius 2 is 1.60 bits per heavy atom. The molecule has 0 bridgehead atoms. The number of esters is 1. The minimum absolute atomic E-state index is 0.218. The molecule has 1 unspecified atom stereocenters. The normalized spacial score (nSPS) is 23.6. The van der Waals surface area contributed by atoms with Gasteiger partial charge in [0, 0.05) is 6.08 Å². The largest absolute Gasteiger partial charge is 0.459 e. The van der Waals surface area contributed by atoms with Crippen molar-refractivity contribution in [1.29, 1.82) is 0 Å². The fraction of sp³-hybridized carbons (Fsp3) is 0.800. The summed E-state index contributed by atoms with van der Waals surface area (Å²) in [5.41, 5.74) is -6.39. The average molecular weight is 378 g/mol. The van der Waals surface area contributed by atoms with E-state index in [1.165, 1.54) is 13.8 Å². The molecule has 0 amide bonds. The van der Waals surface area contributed by atoms with Crippen LogP contribution in [0, 0.1) is 5.92 Å². The standard InChI is InChI=1S/C15H20F6O4/c1-5-11(22)24-10-6-9(7-10)12(3,4)25-8(2)13(23,14(16,17)18)15(19,20)21/h5,8-10,23H,1,6-7H2,2-4H3. The van der Waals surface area contributed by atoms with Crippen LogP contribution >= 0.6 is 0 Å². The summed E-state index contributed by atoms with van der Waals surface area (Å²) in [6, 6.07) is 0. The van der Waals surface area contributed by atoms with Gasteiger partial charge in [0.2, 0.25) is 0 Å². The van der Waals surface area contributed by atoms with Crippen LogP contribution in [0.5, 0.6) is 0 Å². The molecule has 1 N–H and O–H groups in total. The number of halogens is 6. The zero-order valence-corrected chi connectivity index (χ0v) is 13.9. The Bertz CT molecular complexity index is 491. The molecule has 0 heterocycles. The number of alkyl halides is 6. The van der Waals surface area contributed by atoms with Crippen molar-refractivity contribution in [2.24, 2.45) is 5.92 Å². The minimum Gasteiger partial charge on any atom is -0.459 e. The SMILES string of the molecule is C=CC(=O)OC1CC(C(C)(C)OC(C)C(O)(C(F)(F)F)C(F)(F)F)C1. The van der Waals surface area contributed by atoms with E-state index in [2.05, 4.69) is 6.58 Å². The van der Waals surface area contributed by atoms with Crippen LogP contribution in [0.25, 0.3) is 0 Å². The Labute approximate surface area is 140 Å². The molecule has 4 nitrogen and oxygen atoms in total. The molecule has 1 rings (SSSR count). The van der Waals surface area contributed by atoms with E-state index >= 15 is 0 Å². The number of rotatable bonds is 6. The van der Waals surface area contributed by atoms with Gasteiger partial charge in [-0.1, -0.05) is 6.58 Å². The number of ether oxygens (including phenoxy) is 2. The summed E-state index contributed by atoms with van der Waals surface area (Å²) in [6.45, 7) is 6.39. The fourth-order valence-corrected chi connectivity index (χ4v) is 2.70. The van der Waals surface area contributed by atoms with E-state index in [0.717, 1.165) is 6.08 Å². The monoisotopic (exact) mass is 378 g/mol. The lowest BCUT2D eigenvalue weighted by Crippen LogP contribution is -2.65. The van der Waals surface area contributed by atoms with Crippen LogP contribution in [0.4, 0.5) is 26.3 Å². The lowest BCUT2D eigenvalue weighted by atomic mass is 9.72. The highest BCUT2D eigenvalue weighted by Gasteiger charge is 2.74. The summed E-state index contributed by atoms with van der Waals surface area (Å²) in [4.78, 5) is 11.0. The molecule has 10 heteroatoms. The van der Waals surface area contributed by atoms with Gasteiger partial charge in [0.05, 0.1) is 5.60 Å². The summed E-state index contributed by atoms with van der Waals surface area (Å²) < 4.78 is 87.0. The first-order chi connectivity index (χ1) is 11.1. The molecule has 1 aliphatic carbocycles. The van der Waals surface area contributed by atoms with Crippen molar-refractivity contribution >= 4 is 5.97 Å². The first kappa shape index (κ1) is 21.8. The Hall–Kier alpha value is -1.29. The second-order valence-electron chi connectivity index (χ2n) is 6.56. The van der Waals surface area contributed by atoms with Crippen molar-refractivity contribution in [1.82, 2.24) is 0 Å². The van der Waals surface area contributed by atoms with Gasteiger partial charge in [0.1, 0.15) is 12.2 Å². The number of hydrogen-bond acceptors (Lipinski definition) is 4. The first-order valence-electron chi connectivity index (χ1n) is 7.43. The number of hydrogen-bond donors (Lipinski definition) is 1. The zero-order chi connectivity index (χ0) is 19.8. The Morgan fingerprint density at radius 1 is 1.16 bits per heavy atom. The minimum atomic E-state index is -5.96. The van der Waals surface area contributed by atoms with E-state index in [0.29, 0.717) is 6.92 Å². The van der Waals surface area contributed by atoms with Gasteiger partial charge < -0.3 is 14.6 Å². The lowest BCUT2D eigenvalue weighted by molar-refractivity contribution is -0.400. The molecule has 25 heavy (non-hydrogen) atoms. The second-order valence-corrected chi connectivity index (χ2v) is 6.56. The Morgan fingerprint density at radius 3 is 1.96 bits per heavy atom. The molecule has 1 atom stereocenters. The predicted octanol–water partition coefficient (Wildman–Crippen LogP) is 3.53. The summed E-state index contributed by atoms with van der Waals surface area (Å²) in [5.74, 6) is -1.11. The molecular weight excluding hydrogens is 358 g/mol. The smallest absolute Gasteiger partial charge is 0.428 e. The maximum absolute atomic E-state index is 12.9.